The Kier molecular flexibility index (Phi) is 30.9. The molecule has 1 saturated carbocycles. The first kappa shape index (κ1) is 73.8. The number of benzene rings is 1. The molecule has 86 heavy (non-hydrogen) atoms. The van der Waals surface area contributed by atoms with Gasteiger partial charge >= 0.3 is 5.97 Å². The normalized spacial score (nSPS) is 22.2. The molecule has 0 radical (unpaired) electrons. The van der Waals surface area contributed by atoms with E-state index in [1.54, 1.807) is 41.5 Å². The Balaban J connectivity index is 1.85. The maximum Gasteiger partial charge on any atom is 0.329 e. The average molecular weight is 1210 g/mol. The summed E-state index contributed by atoms with van der Waals surface area (Å²) in [7, 11) is 0. The zero-order valence-electron chi connectivity index (χ0n) is 52.8. The molecule has 1 saturated heterocycles. The number of amides is 7. The van der Waals surface area contributed by atoms with Gasteiger partial charge in [0.05, 0.1) is 43.2 Å². The van der Waals surface area contributed by atoms with Crippen LogP contribution in [-0.4, -0.2) is 136 Å². The standard InChI is InChI=1S/C64H101N7O15/c1-12-36(6)46(33-48(74)47(25-26-52(65)78)66-59(81)44(34-72)31-50(76)53(37(7)13-2)67-58(80)43(16-5)30-42-23-19-17-20-24-42)61(83)68-54(38(8)14-3)51(77)32-45(35-73)60(82)69-56-41(11)86-62(84)55(39(9)15-4)70-63(85)64(27-21-18-22-28-64)71-57(79)40(10)29-49(56)75/h17,19-20,23-24,36-41,43-47,53-56,72-73H,12-16,18,21-22,25-35H2,1-11H3,(H2,65,78)(H,66,81)(H,67,80)(H,68,83)(H,69,82)(H,70,85)(H,71,79)/t36-,37-,38-,39-,40+,41-,43+,44-,45-,46+,47+,53-,54-,55-,56+/m0/s1. The number of esters is 1. The summed E-state index contributed by atoms with van der Waals surface area (Å²) >= 11 is 0. The van der Waals surface area contributed by atoms with E-state index in [0.29, 0.717) is 64.2 Å². The first-order valence-corrected chi connectivity index (χ1v) is 31.4. The second kappa shape index (κ2) is 36.0. The third-order valence-corrected chi connectivity index (χ3v) is 18.1. The Morgan fingerprint density at radius 2 is 1.20 bits per heavy atom. The van der Waals surface area contributed by atoms with Crippen molar-refractivity contribution in [1.82, 2.24) is 31.9 Å². The van der Waals surface area contributed by atoms with E-state index in [4.69, 9.17) is 10.5 Å². The van der Waals surface area contributed by atoms with Gasteiger partial charge in [-0.15, -0.1) is 0 Å². The number of carbonyl (C=O) groups excluding carboxylic acids is 12. The van der Waals surface area contributed by atoms with Gasteiger partial charge in [0.15, 0.2) is 23.1 Å². The number of rotatable bonds is 33. The van der Waals surface area contributed by atoms with Crippen molar-refractivity contribution in [2.24, 2.45) is 59.0 Å². The van der Waals surface area contributed by atoms with Crippen molar-refractivity contribution in [2.75, 3.05) is 13.2 Å². The fraction of sp³-hybridized carbons (Fsp3) is 0.719. The SMILES string of the molecule is CC[C@H](Cc1ccccc1)C(=O)N[C@H](C(=O)C[C@@H](CO)C(=O)N[C@H](CCC(N)=O)C(=O)C[C@@H](C(=O)N[C@H](C(=O)C[C@@H](CO)C(=O)N[C@H]1C(=O)C[C@@H](C)C(=O)NC2(CCCCC2)C(=O)N[C@@H]([C@@H](C)CC)C(=O)O[C@H]1C)[C@@H](C)CC)[C@@H](C)CC)[C@@H](C)CC. The summed E-state index contributed by atoms with van der Waals surface area (Å²) < 4.78 is 5.84. The molecule has 482 valence electrons. The maximum absolute atomic E-state index is 14.5. The monoisotopic (exact) mass is 1210 g/mol. The van der Waals surface area contributed by atoms with E-state index in [1.165, 1.54) is 13.8 Å². The number of hydrogen-bond donors (Lipinski definition) is 9. The molecule has 0 aromatic heterocycles. The van der Waals surface area contributed by atoms with Crippen LogP contribution >= 0.6 is 0 Å². The lowest BCUT2D eigenvalue weighted by atomic mass is 9.79. The first-order chi connectivity index (χ1) is 40.6. The van der Waals surface area contributed by atoms with E-state index < -0.39 is 193 Å². The third-order valence-electron chi connectivity index (χ3n) is 18.1. The molecule has 1 heterocycles. The van der Waals surface area contributed by atoms with Crippen LogP contribution in [0.3, 0.4) is 0 Å². The molecular formula is C64H101N7O15. The number of ketones is 4. The third kappa shape index (κ3) is 21.5. The molecule has 0 unspecified atom stereocenters. The Morgan fingerprint density at radius 3 is 1.71 bits per heavy atom. The summed E-state index contributed by atoms with van der Waals surface area (Å²) in [6.45, 7) is 17.2. The van der Waals surface area contributed by atoms with Crippen molar-refractivity contribution in [2.45, 2.75) is 227 Å². The van der Waals surface area contributed by atoms with Crippen LogP contribution in [0, 0.1) is 53.3 Å². The molecule has 1 aliphatic heterocycles. The number of nitrogens with one attached hydrogen (secondary N) is 6. The van der Waals surface area contributed by atoms with Gasteiger partial charge in [-0.2, -0.15) is 0 Å². The highest BCUT2D eigenvalue weighted by atomic mass is 16.5. The number of carbonyl (C=O) groups is 12. The highest BCUT2D eigenvalue weighted by molar-refractivity contribution is 6.00. The van der Waals surface area contributed by atoms with Crippen LogP contribution in [0.1, 0.15) is 184 Å². The molecule has 7 amide bonds. The number of cyclic esters (lactones) is 1. The minimum Gasteiger partial charge on any atom is -0.458 e. The van der Waals surface area contributed by atoms with Crippen LogP contribution in [0.4, 0.5) is 0 Å². The van der Waals surface area contributed by atoms with Gasteiger partial charge in [0.25, 0.3) is 0 Å². The zero-order valence-corrected chi connectivity index (χ0v) is 52.8. The van der Waals surface area contributed by atoms with E-state index in [9.17, 15) is 67.7 Å². The van der Waals surface area contributed by atoms with Gasteiger partial charge in [0.1, 0.15) is 23.7 Å². The Labute approximate surface area is 508 Å². The van der Waals surface area contributed by atoms with E-state index in [-0.39, 0.29) is 24.7 Å². The summed E-state index contributed by atoms with van der Waals surface area (Å²) in [4.78, 5) is 167. The molecule has 1 aromatic rings. The molecule has 1 spiro atoms. The maximum atomic E-state index is 14.5. The van der Waals surface area contributed by atoms with Crippen molar-refractivity contribution in [3.05, 3.63) is 35.9 Å². The Bertz CT molecular complexity index is 2490. The van der Waals surface area contributed by atoms with E-state index >= 15 is 0 Å². The molecule has 15 atom stereocenters. The van der Waals surface area contributed by atoms with Crippen LogP contribution < -0.4 is 37.6 Å². The van der Waals surface area contributed by atoms with Crippen LogP contribution in [0.25, 0.3) is 0 Å². The quantitative estimate of drug-likeness (QED) is 0.0446. The van der Waals surface area contributed by atoms with Crippen LogP contribution in [0.15, 0.2) is 30.3 Å². The number of primary amides is 1. The zero-order chi connectivity index (χ0) is 64.6. The van der Waals surface area contributed by atoms with Crippen molar-refractivity contribution in [3.8, 4) is 0 Å². The summed E-state index contributed by atoms with van der Waals surface area (Å²) in [6.07, 6.45) is 1.32. The Hall–Kier alpha value is -6.42. The average Bonchev–Trinajstić information content (AvgIpc) is 1.93. The summed E-state index contributed by atoms with van der Waals surface area (Å²) in [5.41, 5.74) is 5.13. The lowest BCUT2D eigenvalue weighted by Gasteiger charge is -2.38. The lowest BCUT2D eigenvalue weighted by molar-refractivity contribution is -0.157. The van der Waals surface area contributed by atoms with E-state index in [0.717, 1.165) is 12.0 Å². The first-order valence-electron chi connectivity index (χ1n) is 31.4. The van der Waals surface area contributed by atoms with E-state index in [1.807, 2.05) is 51.1 Å². The van der Waals surface area contributed by atoms with Gasteiger partial charge in [-0.25, -0.2) is 4.79 Å². The van der Waals surface area contributed by atoms with Gasteiger partial charge in [-0.3, -0.25) is 52.7 Å². The van der Waals surface area contributed by atoms with Crippen LogP contribution in [0.5, 0.6) is 0 Å². The minimum atomic E-state index is -1.57. The molecule has 2 fully saturated rings. The topological polar surface area (TPSA) is 353 Å². The second-order valence-electron chi connectivity index (χ2n) is 24.5. The molecule has 3 rings (SSSR count). The number of ether oxygens (including phenoxy) is 1. The molecule has 2 aliphatic rings. The highest BCUT2D eigenvalue weighted by Crippen LogP contribution is 2.31. The largest absolute Gasteiger partial charge is 0.458 e. The van der Waals surface area contributed by atoms with E-state index in [2.05, 4.69) is 31.9 Å². The molecule has 22 nitrogen and oxygen atoms in total. The fourth-order valence-corrected chi connectivity index (χ4v) is 11.2. The van der Waals surface area contributed by atoms with Crippen molar-refractivity contribution < 1.29 is 72.5 Å². The van der Waals surface area contributed by atoms with Gasteiger partial charge < -0.3 is 52.6 Å². The lowest BCUT2D eigenvalue weighted by Crippen LogP contribution is -2.63. The molecule has 22 heteroatoms. The summed E-state index contributed by atoms with van der Waals surface area (Å²) in [5.74, 6) is -15.5. The number of hydrogen-bond acceptors (Lipinski definition) is 15. The number of aliphatic hydroxyl groups is 2. The second-order valence-corrected chi connectivity index (χ2v) is 24.5. The van der Waals surface area contributed by atoms with Gasteiger partial charge in [-0.1, -0.05) is 145 Å². The molecule has 1 aliphatic carbocycles. The molecular weight excluding hydrogens is 1110 g/mol. The molecule has 1 aromatic carbocycles. The smallest absolute Gasteiger partial charge is 0.329 e. The molecule has 10 N–H and O–H groups in total. The fourth-order valence-electron chi connectivity index (χ4n) is 11.2. The van der Waals surface area contributed by atoms with Crippen molar-refractivity contribution >= 4 is 70.5 Å². The van der Waals surface area contributed by atoms with Crippen molar-refractivity contribution in [1.29, 1.82) is 0 Å². The predicted molar refractivity (Wildman–Crippen MR) is 322 cm³/mol. The van der Waals surface area contributed by atoms with Crippen molar-refractivity contribution in [3.63, 3.8) is 0 Å². The predicted octanol–water partition coefficient (Wildman–Crippen LogP) is 4.20. The van der Waals surface area contributed by atoms with Crippen LogP contribution in [-0.2, 0) is 68.7 Å². The minimum absolute atomic E-state index is 0.287. The van der Waals surface area contributed by atoms with Gasteiger partial charge in [-0.05, 0) is 68.3 Å². The number of aliphatic hydroxyl groups excluding tert-OH is 2. The summed E-state index contributed by atoms with van der Waals surface area (Å²) in [6, 6.07) is 3.02. The Morgan fingerprint density at radius 1 is 0.663 bits per heavy atom. The summed E-state index contributed by atoms with van der Waals surface area (Å²) in [5, 5.41) is 37.8. The molecule has 0 bridgehead atoms. The van der Waals surface area contributed by atoms with Crippen LogP contribution in [0.2, 0.25) is 0 Å². The number of Topliss-reactive ketones (excluding diaryl/α,β-unsaturated/α-hetero) is 4. The van der Waals surface area contributed by atoms with Gasteiger partial charge in [0.2, 0.25) is 41.4 Å². The number of nitrogens with two attached hydrogens (primary N) is 1. The van der Waals surface area contributed by atoms with Gasteiger partial charge in [0, 0.05) is 49.9 Å². The highest BCUT2D eigenvalue weighted by Gasteiger charge is 2.46.